The van der Waals surface area contributed by atoms with Gasteiger partial charge in [0.1, 0.15) is 12.4 Å². The lowest BCUT2D eigenvalue weighted by Gasteiger charge is -2.02. The van der Waals surface area contributed by atoms with Crippen LogP contribution >= 0.6 is 0 Å². The van der Waals surface area contributed by atoms with E-state index in [-0.39, 0.29) is 0 Å². The van der Waals surface area contributed by atoms with Crippen molar-refractivity contribution in [2.45, 2.75) is 12.7 Å². The van der Waals surface area contributed by atoms with E-state index >= 15 is 0 Å². The lowest BCUT2D eigenvalue weighted by Crippen LogP contribution is -2.17. The van der Waals surface area contributed by atoms with E-state index in [0.29, 0.717) is 0 Å². The Labute approximate surface area is 63.6 Å². The summed E-state index contributed by atoms with van der Waals surface area (Å²) in [5.41, 5.74) is -0.993. The van der Waals surface area contributed by atoms with Gasteiger partial charge in [-0.15, -0.1) is 13.2 Å². The number of rotatable bonds is 1. The van der Waals surface area contributed by atoms with Crippen LogP contribution in [-0.2, 0) is 6.30 Å². The second-order valence-electron chi connectivity index (χ2n) is 1.82. The van der Waals surface area contributed by atoms with Crippen molar-refractivity contribution in [2.75, 3.05) is 0 Å². The molecule has 0 N–H and O–H groups in total. The summed E-state index contributed by atoms with van der Waals surface area (Å²) in [6.45, 7) is 0. The smallest absolute Gasteiger partial charge is 0.205 e. The standard InChI is InChI=1S/C5HF5N2/c6-4(7)3-1-11-12(2-3)5(8,9)10/h4H. The number of hydrogen-bond donors (Lipinski definition) is 0. The van der Waals surface area contributed by atoms with Gasteiger partial charge in [-0.2, -0.15) is 9.78 Å². The molecule has 0 aliphatic carbocycles. The molecule has 0 aliphatic rings. The van der Waals surface area contributed by atoms with Gasteiger partial charge in [-0.1, -0.05) is 0 Å². The average Bonchev–Trinajstić information content (AvgIpc) is 2.30. The largest absolute Gasteiger partial charge is 0.505 e. The SMILES string of the molecule is FC(F)c1[c]nn(C(F)(F)F)[c]1. The highest BCUT2D eigenvalue weighted by Gasteiger charge is 2.33. The first kappa shape index (κ1) is 8.95. The van der Waals surface area contributed by atoms with Crippen LogP contribution in [0.4, 0.5) is 22.0 Å². The van der Waals surface area contributed by atoms with Gasteiger partial charge in [-0.25, -0.2) is 8.78 Å². The molecule has 7 heteroatoms. The van der Waals surface area contributed by atoms with Crippen molar-refractivity contribution in [3.05, 3.63) is 18.0 Å². The predicted molar refractivity (Wildman–Crippen MR) is 26.2 cm³/mol. The van der Waals surface area contributed by atoms with E-state index in [1.165, 1.54) is 12.4 Å². The normalized spacial score (nSPS) is 12.5. The first-order valence-corrected chi connectivity index (χ1v) is 2.66. The van der Waals surface area contributed by atoms with Crippen molar-refractivity contribution in [3.63, 3.8) is 0 Å². The van der Waals surface area contributed by atoms with E-state index in [1.807, 2.05) is 0 Å². The molecule has 0 fully saturated rings. The zero-order valence-electron chi connectivity index (χ0n) is 5.36. The Kier molecular flexibility index (Phi) is 2.03. The summed E-state index contributed by atoms with van der Waals surface area (Å²) in [7, 11) is 0. The van der Waals surface area contributed by atoms with Gasteiger partial charge < -0.3 is 0 Å². The maximum Gasteiger partial charge on any atom is 0.505 e. The van der Waals surface area contributed by atoms with Crippen molar-refractivity contribution in [1.29, 1.82) is 0 Å². The predicted octanol–water partition coefficient (Wildman–Crippen LogP) is 1.90. The fourth-order valence-corrected chi connectivity index (χ4v) is 0.486. The van der Waals surface area contributed by atoms with Crippen LogP contribution in [0.5, 0.6) is 0 Å². The van der Waals surface area contributed by atoms with Crippen LogP contribution in [0.1, 0.15) is 12.0 Å². The van der Waals surface area contributed by atoms with Gasteiger partial charge in [0.05, 0.1) is 5.56 Å². The van der Waals surface area contributed by atoms with Crippen molar-refractivity contribution in [3.8, 4) is 0 Å². The van der Waals surface area contributed by atoms with E-state index in [1.54, 1.807) is 0 Å². The van der Waals surface area contributed by atoms with Crippen molar-refractivity contribution in [2.24, 2.45) is 0 Å². The Morgan fingerprint density at radius 1 is 1.33 bits per heavy atom. The monoisotopic (exact) mass is 184 g/mol. The third-order valence-corrected chi connectivity index (χ3v) is 0.955. The van der Waals surface area contributed by atoms with E-state index in [0.717, 1.165) is 0 Å². The van der Waals surface area contributed by atoms with E-state index in [2.05, 4.69) is 5.10 Å². The van der Waals surface area contributed by atoms with Crippen LogP contribution in [0.15, 0.2) is 0 Å². The quantitative estimate of drug-likeness (QED) is 0.609. The zero-order chi connectivity index (χ0) is 9.35. The lowest BCUT2D eigenvalue weighted by atomic mass is 10.4. The number of nitrogens with zero attached hydrogens (tertiary/aromatic N) is 2. The zero-order valence-corrected chi connectivity index (χ0v) is 5.36. The average molecular weight is 184 g/mol. The second-order valence-corrected chi connectivity index (χ2v) is 1.82. The molecule has 0 saturated heterocycles. The highest BCUT2D eigenvalue weighted by atomic mass is 19.4. The maximum absolute atomic E-state index is 11.7. The Morgan fingerprint density at radius 2 is 1.92 bits per heavy atom. The first-order valence-electron chi connectivity index (χ1n) is 2.66. The third kappa shape index (κ3) is 1.72. The summed E-state index contributed by atoms with van der Waals surface area (Å²) in [6, 6.07) is 0. The third-order valence-electron chi connectivity index (χ3n) is 0.955. The molecule has 0 aliphatic heterocycles. The molecule has 2 nitrogen and oxygen atoms in total. The van der Waals surface area contributed by atoms with E-state index < -0.39 is 23.0 Å². The van der Waals surface area contributed by atoms with Gasteiger partial charge in [0.15, 0.2) is 0 Å². The maximum atomic E-state index is 11.7. The van der Waals surface area contributed by atoms with Crippen LogP contribution in [0, 0.1) is 12.4 Å². The molecule has 0 saturated carbocycles. The van der Waals surface area contributed by atoms with E-state index in [4.69, 9.17) is 0 Å². The first-order chi connectivity index (χ1) is 5.41. The molecule has 1 rings (SSSR count). The molecule has 1 heterocycles. The second kappa shape index (κ2) is 2.72. The fraction of sp³-hybridized carbons (Fsp3) is 0.400. The molecular weight excluding hydrogens is 183 g/mol. The Morgan fingerprint density at radius 3 is 2.17 bits per heavy atom. The highest BCUT2D eigenvalue weighted by molar-refractivity contribution is 5.01. The molecule has 0 atom stereocenters. The summed E-state index contributed by atoms with van der Waals surface area (Å²) in [5, 5.41) is 2.54. The van der Waals surface area contributed by atoms with Crippen molar-refractivity contribution >= 4 is 0 Å². The van der Waals surface area contributed by atoms with Gasteiger partial charge in [0.2, 0.25) is 0 Å². The van der Waals surface area contributed by atoms with Gasteiger partial charge in [0.25, 0.3) is 6.43 Å². The van der Waals surface area contributed by atoms with Crippen LogP contribution in [0.2, 0.25) is 0 Å². The number of halogens is 5. The minimum absolute atomic E-state index is 0.644. The molecule has 0 spiro atoms. The number of hydrogen-bond acceptors (Lipinski definition) is 1. The van der Waals surface area contributed by atoms with Crippen molar-refractivity contribution < 1.29 is 22.0 Å². The lowest BCUT2D eigenvalue weighted by molar-refractivity contribution is -0.213. The summed E-state index contributed by atoms with van der Waals surface area (Å²) in [6.07, 6.45) is -5.03. The molecule has 66 valence electrons. The fourth-order valence-electron chi connectivity index (χ4n) is 0.486. The van der Waals surface area contributed by atoms with Crippen LogP contribution in [-0.4, -0.2) is 9.78 Å². The van der Waals surface area contributed by atoms with Gasteiger partial charge in [-0.3, -0.25) is 0 Å². The summed E-state index contributed by atoms with van der Waals surface area (Å²) in [5.74, 6) is 0. The van der Waals surface area contributed by atoms with Gasteiger partial charge in [-0.05, 0) is 0 Å². The summed E-state index contributed by atoms with van der Waals surface area (Å²) >= 11 is 0. The number of aromatic nitrogens is 2. The molecule has 2 radical (unpaired) electrons. The molecule has 0 amide bonds. The van der Waals surface area contributed by atoms with Gasteiger partial charge >= 0.3 is 6.30 Å². The summed E-state index contributed by atoms with van der Waals surface area (Å²) in [4.78, 5) is 0. The minimum atomic E-state index is -4.82. The highest BCUT2D eigenvalue weighted by Crippen LogP contribution is 2.23. The molecule has 0 unspecified atom stereocenters. The molecule has 1 aromatic rings. The Balaban J connectivity index is 2.92. The molecular formula is C5HF5N2. The van der Waals surface area contributed by atoms with Crippen LogP contribution < -0.4 is 0 Å². The molecule has 0 bridgehead atoms. The van der Waals surface area contributed by atoms with Crippen LogP contribution in [0.3, 0.4) is 0 Å². The van der Waals surface area contributed by atoms with Crippen molar-refractivity contribution in [1.82, 2.24) is 9.78 Å². The van der Waals surface area contributed by atoms with Crippen LogP contribution in [0.25, 0.3) is 0 Å². The van der Waals surface area contributed by atoms with Gasteiger partial charge in [0, 0.05) is 0 Å². The van der Waals surface area contributed by atoms with E-state index in [9.17, 15) is 22.0 Å². The minimum Gasteiger partial charge on any atom is -0.205 e. The molecule has 12 heavy (non-hydrogen) atoms. The number of alkyl halides is 5. The topological polar surface area (TPSA) is 17.8 Å². The Bertz CT molecular complexity index is 263. The molecule has 0 aromatic carbocycles. The Hall–Kier alpha value is -1.14. The summed E-state index contributed by atoms with van der Waals surface area (Å²) < 4.78 is 57.7. The molecule has 1 aromatic heterocycles.